The van der Waals surface area contributed by atoms with Gasteiger partial charge in [-0.1, -0.05) is 23.7 Å². The minimum absolute atomic E-state index is 0.0257. The number of hydrogen-bond donors (Lipinski definition) is 1. The summed E-state index contributed by atoms with van der Waals surface area (Å²) in [7, 11) is 0. The highest BCUT2D eigenvalue weighted by molar-refractivity contribution is 6.30. The monoisotopic (exact) mass is 223 g/mol. The van der Waals surface area contributed by atoms with E-state index in [0.717, 1.165) is 31.1 Å². The highest BCUT2D eigenvalue weighted by atomic mass is 35.5. The van der Waals surface area contributed by atoms with E-state index in [4.69, 9.17) is 22.1 Å². The Hall–Kier alpha value is -0.570. The number of rotatable bonds is 2. The van der Waals surface area contributed by atoms with Crippen LogP contribution in [0.25, 0.3) is 0 Å². The average Bonchev–Trinajstić information content (AvgIpc) is 2.82. The molecule has 0 unspecified atom stereocenters. The van der Waals surface area contributed by atoms with Gasteiger partial charge in [0.05, 0.1) is 18.6 Å². The number of halogens is 1. The molecule has 1 aliphatic heterocycles. The van der Waals surface area contributed by atoms with Crippen LogP contribution in [0.1, 0.15) is 18.4 Å². The van der Waals surface area contributed by atoms with Gasteiger partial charge in [0.25, 0.3) is 0 Å². The second-order valence-electron chi connectivity index (χ2n) is 4.74. The highest BCUT2D eigenvalue weighted by Gasteiger charge is 2.61. The Morgan fingerprint density at radius 3 is 2.47 bits per heavy atom. The summed E-state index contributed by atoms with van der Waals surface area (Å²) < 4.78 is 5.38. The minimum Gasteiger partial charge on any atom is -0.379 e. The molecule has 2 aliphatic rings. The van der Waals surface area contributed by atoms with Crippen molar-refractivity contribution in [1.29, 1.82) is 0 Å². The van der Waals surface area contributed by atoms with Crippen LogP contribution in [-0.4, -0.2) is 18.8 Å². The van der Waals surface area contributed by atoms with Crippen LogP contribution in [-0.2, 0) is 10.2 Å². The van der Waals surface area contributed by atoms with Gasteiger partial charge in [-0.3, -0.25) is 0 Å². The van der Waals surface area contributed by atoms with Crippen LogP contribution in [0.2, 0.25) is 5.02 Å². The first-order chi connectivity index (χ1) is 7.16. The predicted molar refractivity (Wildman–Crippen MR) is 60.1 cm³/mol. The molecule has 3 heteroatoms. The van der Waals surface area contributed by atoms with E-state index >= 15 is 0 Å². The van der Waals surface area contributed by atoms with Gasteiger partial charge in [0.1, 0.15) is 0 Å². The van der Waals surface area contributed by atoms with Crippen LogP contribution in [0.5, 0.6) is 0 Å². The summed E-state index contributed by atoms with van der Waals surface area (Å²) in [5, 5.41) is 0.781. The first-order valence-corrected chi connectivity index (χ1v) is 5.67. The van der Waals surface area contributed by atoms with E-state index in [1.165, 1.54) is 5.56 Å². The second-order valence-corrected chi connectivity index (χ2v) is 5.18. The molecule has 1 heterocycles. The zero-order valence-corrected chi connectivity index (χ0v) is 9.26. The Labute approximate surface area is 94.4 Å². The average molecular weight is 224 g/mol. The lowest BCUT2D eigenvalue weighted by Crippen LogP contribution is -2.60. The minimum atomic E-state index is -0.0457. The van der Waals surface area contributed by atoms with Crippen molar-refractivity contribution >= 4 is 11.6 Å². The number of nitrogens with two attached hydrogens (primary N) is 1. The van der Waals surface area contributed by atoms with Crippen LogP contribution < -0.4 is 5.73 Å². The van der Waals surface area contributed by atoms with E-state index in [-0.39, 0.29) is 11.0 Å². The molecular formula is C12H14ClNO. The topological polar surface area (TPSA) is 35.2 Å². The molecule has 0 spiro atoms. The van der Waals surface area contributed by atoms with Crippen molar-refractivity contribution < 1.29 is 4.74 Å². The third-order valence-corrected chi connectivity index (χ3v) is 4.05. The van der Waals surface area contributed by atoms with Gasteiger partial charge in [-0.25, -0.2) is 0 Å². The zero-order chi connectivity index (χ0) is 10.5. The molecule has 15 heavy (non-hydrogen) atoms. The Bertz CT molecular complexity index is 396. The van der Waals surface area contributed by atoms with Gasteiger partial charge in [0.15, 0.2) is 0 Å². The highest BCUT2D eigenvalue weighted by Crippen LogP contribution is 2.53. The van der Waals surface area contributed by atoms with Crippen molar-refractivity contribution in [2.24, 2.45) is 5.73 Å². The molecule has 2 N–H and O–H groups in total. The van der Waals surface area contributed by atoms with Crippen molar-refractivity contribution in [3.05, 3.63) is 34.9 Å². The maximum Gasteiger partial charge on any atom is 0.0603 e. The Kier molecular flexibility index (Phi) is 1.91. The summed E-state index contributed by atoms with van der Waals surface area (Å²) >= 11 is 6.02. The molecule has 0 bridgehead atoms. The van der Waals surface area contributed by atoms with Crippen molar-refractivity contribution in [2.45, 2.75) is 23.8 Å². The molecule has 1 aromatic rings. The van der Waals surface area contributed by atoms with Crippen molar-refractivity contribution in [2.75, 3.05) is 13.2 Å². The number of hydrogen-bond acceptors (Lipinski definition) is 2. The fourth-order valence-electron chi connectivity index (χ4n) is 2.45. The van der Waals surface area contributed by atoms with Gasteiger partial charge in [0.2, 0.25) is 0 Å². The standard InChI is InChI=1S/C12H14ClNO/c13-10-3-1-2-9(6-10)11(7-15-8-11)12(14)4-5-12/h1-3,6H,4-5,7-8,14H2. The Morgan fingerprint density at radius 2 is 2.00 bits per heavy atom. The molecule has 1 saturated heterocycles. The third-order valence-electron chi connectivity index (χ3n) is 3.82. The van der Waals surface area contributed by atoms with E-state index in [2.05, 4.69) is 6.07 Å². The van der Waals surface area contributed by atoms with Gasteiger partial charge in [-0.2, -0.15) is 0 Å². The normalized spacial score (nSPS) is 25.7. The molecule has 0 radical (unpaired) electrons. The van der Waals surface area contributed by atoms with E-state index < -0.39 is 0 Å². The lowest BCUT2D eigenvalue weighted by atomic mass is 9.71. The molecule has 2 nitrogen and oxygen atoms in total. The molecule has 0 aromatic heterocycles. The third kappa shape index (κ3) is 1.25. The van der Waals surface area contributed by atoms with Crippen LogP contribution in [0, 0.1) is 0 Å². The summed E-state index contributed by atoms with van der Waals surface area (Å²) in [6, 6.07) is 8.02. The summed E-state index contributed by atoms with van der Waals surface area (Å²) in [6.45, 7) is 1.48. The van der Waals surface area contributed by atoms with E-state index in [0.29, 0.717) is 0 Å². The largest absolute Gasteiger partial charge is 0.379 e. The summed E-state index contributed by atoms with van der Waals surface area (Å²) in [5.74, 6) is 0. The smallest absolute Gasteiger partial charge is 0.0603 e. The molecule has 80 valence electrons. The van der Waals surface area contributed by atoms with E-state index in [1.54, 1.807) is 0 Å². The predicted octanol–water partition coefficient (Wildman–Crippen LogP) is 2.10. The molecule has 2 fully saturated rings. The van der Waals surface area contributed by atoms with Crippen LogP contribution >= 0.6 is 11.6 Å². The van der Waals surface area contributed by atoms with Crippen LogP contribution in [0.3, 0.4) is 0 Å². The Morgan fingerprint density at radius 1 is 1.27 bits per heavy atom. The number of ether oxygens (including phenoxy) is 1. The lowest BCUT2D eigenvalue weighted by Gasteiger charge is -2.47. The van der Waals surface area contributed by atoms with Crippen molar-refractivity contribution in [3.63, 3.8) is 0 Å². The maximum atomic E-state index is 6.35. The van der Waals surface area contributed by atoms with Crippen molar-refractivity contribution in [3.8, 4) is 0 Å². The molecule has 3 rings (SSSR count). The van der Waals surface area contributed by atoms with Gasteiger partial charge in [-0.05, 0) is 30.5 Å². The summed E-state index contributed by atoms with van der Waals surface area (Å²) in [6.07, 6.45) is 2.20. The number of benzene rings is 1. The first kappa shape index (κ1) is 9.64. The molecule has 0 atom stereocenters. The van der Waals surface area contributed by atoms with Gasteiger partial charge in [0, 0.05) is 10.6 Å². The van der Waals surface area contributed by atoms with Crippen LogP contribution in [0.4, 0.5) is 0 Å². The molecular weight excluding hydrogens is 210 g/mol. The van der Waals surface area contributed by atoms with Crippen molar-refractivity contribution in [1.82, 2.24) is 0 Å². The molecule has 0 amide bonds. The fourth-order valence-corrected chi connectivity index (χ4v) is 2.64. The van der Waals surface area contributed by atoms with Gasteiger partial charge >= 0.3 is 0 Å². The Balaban J connectivity index is 2.03. The fraction of sp³-hybridized carbons (Fsp3) is 0.500. The second kappa shape index (κ2) is 2.97. The SMILES string of the molecule is NC1(C2(c3cccc(Cl)c3)COC2)CC1. The summed E-state index contributed by atoms with van der Waals surface area (Å²) in [4.78, 5) is 0. The molecule has 1 aromatic carbocycles. The summed E-state index contributed by atoms with van der Waals surface area (Å²) in [5.41, 5.74) is 7.56. The van der Waals surface area contributed by atoms with Crippen LogP contribution in [0.15, 0.2) is 24.3 Å². The quantitative estimate of drug-likeness (QED) is 0.834. The van der Waals surface area contributed by atoms with Gasteiger partial charge in [-0.15, -0.1) is 0 Å². The molecule has 1 saturated carbocycles. The van der Waals surface area contributed by atoms with Gasteiger partial charge < -0.3 is 10.5 Å². The first-order valence-electron chi connectivity index (χ1n) is 5.29. The lowest BCUT2D eigenvalue weighted by molar-refractivity contribution is -0.0786. The molecule has 1 aliphatic carbocycles. The maximum absolute atomic E-state index is 6.35. The van der Waals surface area contributed by atoms with E-state index in [9.17, 15) is 0 Å². The zero-order valence-electron chi connectivity index (χ0n) is 8.50. The van der Waals surface area contributed by atoms with E-state index in [1.807, 2.05) is 18.2 Å².